The summed E-state index contributed by atoms with van der Waals surface area (Å²) in [5.41, 5.74) is 0. The van der Waals surface area contributed by atoms with Crippen molar-refractivity contribution in [3.05, 3.63) is 27.2 Å². The van der Waals surface area contributed by atoms with Crippen molar-refractivity contribution < 1.29 is 9.53 Å². The Morgan fingerprint density at radius 1 is 1.30 bits per heavy atom. The van der Waals surface area contributed by atoms with Crippen LogP contribution in [-0.2, 0) is 4.79 Å². The van der Waals surface area contributed by atoms with Crippen LogP contribution in [0.15, 0.2) is 12.1 Å². The Balaban J connectivity index is 1.85. The number of hydrogen-bond acceptors (Lipinski definition) is 3. The van der Waals surface area contributed by atoms with Crippen molar-refractivity contribution in [2.75, 3.05) is 19.7 Å². The third kappa shape index (κ3) is 4.42. The lowest BCUT2D eigenvalue weighted by atomic mass is 10.1. The molecule has 4 nitrogen and oxygen atoms in total. The molecule has 1 heterocycles. The van der Waals surface area contributed by atoms with Crippen molar-refractivity contribution in [3.63, 3.8) is 0 Å². The van der Waals surface area contributed by atoms with Crippen LogP contribution in [0.2, 0.25) is 15.1 Å². The lowest BCUT2D eigenvalue weighted by molar-refractivity contribution is -0.123. The summed E-state index contributed by atoms with van der Waals surface area (Å²) in [5, 5.41) is 7.14. The van der Waals surface area contributed by atoms with Crippen molar-refractivity contribution in [1.82, 2.24) is 10.6 Å². The van der Waals surface area contributed by atoms with Gasteiger partial charge in [0.05, 0.1) is 15.1 Å². The fraction of sp³-hybridized carbons (Fsp3) is 0.462. The smallest absolute Gasteiger partial charge is 0.258 e. The van der Waals surface area contributed by atoms with Crippen LogP contribution >= 0.6 is 34.8 Å². The minimum Gasteiger partial charge on any atom is -0.482 e. The fourth-order valence-corrected chi connectivity index (χ4v) is 2.59. The maximum Gasteiger partial charge on any atom is 0.258 e. The predicted octanol–water partition coefficient (Wildman–Crippen LogP) is 2.89. The van der Waals surface area contributed by atoms with Crippen LogP contribution in [0.1, 0.15) is 12.8 Å². The molecule has 110 valence electrons. The summed E-state index contributed by atoms with van der Waals surface area (Å²) in [6, 6.07) is 3.15. The van der Waals surface area contributed by atoms with E-state index in [0.717, 1.165) is 25.9 Å². The number of carbonyl (C=O) groups excluding carboxylic acids is 1. The number of piperidine rings is 1. The molecule has 1 aromatic rings. The Morgan fingerprint density at radius 3 is 2.75 bits per heavy atom. The third-order valence-corrected chi connectivity index (χ3v) is 4.01. The molecule has 20 heavy (non-hydrogen) atoms. The Labute approximate surface area is 132 Å². The average molecular weight is 338 g/mol. The van der Waals surface area contributed by atoms with E-state index in [9.17, 15) is 4.79 Å². The maximum absolute atomic E-state index is 11.8. The largest absolute Gasteiger partial charge is 0.482 e. The van der Waals surface area contributed by atoms with Gasteiger partial charge in [0.2, 0.25) is 0 Å². The van der Waals surface area contributed by atoms with Crippen LogP contribution in [0.5, 0.6) is 5.75 Å². The number of benzene rings is 1. The zero-order valence-electron chi connectivity index (χ0n) is 10.7. The van der Waals surface area contributed by atoms with Gasteiger partial charge in [-0.15, -0.1) is 0 Å². The van der Waals surface area contributed by atoms with Crippen LogP contribution in [0.25, 0.3) is 0 Å². The van der Waals surface area contributed by atoms with E-state index in [1.807, 2.05) is 0 Å². The molecule has 1 aliphatic heterocycles. The molecule has 0 saturated carbocycles. The highest BCUT2D eigenvalue weighted by Crippen LogP contribution is 2.33. The molecule has 2 rings (SSSR count). The van der Waals surface area contributed by atoms with Gasteiger partial charge in [-0.25, -0.2) is 0 Å². The first-order chi connectivity index (χ1) is 9.56. The molecule has 0 aliphatic carbocycles. The zero-order chi connectivity index (χ0) is 14.5. The second-order valence-electron chi connectivity index (χ2n) is 4.60. The van der Waals surface area contributed by atoms with Crippen LogP contribution in [0.4, 0.5) is 0 Å². The lowest BCUT2D eigenvalue weighted by Crippen LogP contribution is -2.47. The monoisotopic (exact) mass is 336 g/mol. The zero-order valence-corrected chi connectivity index (χ0v) is 13.0. The molecule has 0 bridgehead atoms. The second-order valence-corrected chi connectivity index (χ2v) is 5.82. The molecule has 1 aromatic carbocycles. The summed E-state index contributed by atoms with van der Waals surface area (Å²) in [4.78, 5) is 11.8. The number of nitrogens with one attached hydrogen (secondary N) is 2. The second kappa shape index (κ2) is 7.36. The minimum atomic E-state index is -0.180. The topological polar surface area (TPSA) is 50.4 Å². The Bertz CT molecular complexity index is 491. The summed E-state index contributed by atoms with van der Waals surface area (Å²) in [6.45, 7) is 1.69. The standard InChI is InChI=1S/C13H15Cl3N2O2/c14-9-4-11(16)12(5-10(9)15)20-7-13(19)18-8-2-1-3-17-6-8/h4-5,8,17H,1-3,6-7H2,(H,18,19)/t8-/m0/s1. The van der Waals surface area contributed by atoms with Gasteiger partial charge >= 0.3 is 0 Å². The van der Waals surface area contributed by atoms with Gasteiger partial charge in [0.25, 0.3) is 5.91 Å². The van der Waals surface area contributed by atoms with Crippen LogP contribution in [-0.4, -0.2) is 31.6 Å². The molecule has 0 aromatic heterocycles. The normalized spacial score (nSPS) is 18.6. The van der Waals surface area contributed by atoms with E-state index in [1.165, 1.54) is 12.1 Å². The molecule has 1 amide bonds. The van der Waals surface area contributed by atoms with Crippen LogP contribution in [0.3, 0.4) is 0 Å². The lowest BCUT2D eigenvalue weighted by Gasteiger charge is -2.23. The maximum atomic E-state index is 11.8. The van der Waals surface area contributed by atoms with E-state index in [2.05, 4.69) is 10.6 Å². The van der Waals surface area contributed by atoms with Gasteiger partial charge in [-0.05, 0) is 25.5 Å². The predicted molar refractivity (Wildman–Crippen MR) is 81.0 cm³/mol. The van der Waals surface area contributed by atoms with Crippen molar-refractivity contribution >= 4 is 40.7 Å². The quantitative estimate of drug-likeness (QED) is 0.831. The Morgan fingerprint density at radius 2 is 2.05 bits per heavy atom. The molecule has 0 radical (unpaired) electrons. The number of ether oxygens (including phenoxy) is 1. The first-order valence-electron chi connectivity index (χ1n) is 6.33. The third-order valence-electron chi connectivity index (χ3n) is 3.00. The van der Waals surface area contributed by atoms with Gasteiger partial charge in [-0.1, -0.05) is 34.8 Å². The van der Waals surface area contributed by atoms with Gasteiger partial charge < -0.3 is 15.4 Å². The van der Waals surface area contributed by atoms with Gasteiger partial charge in [0.1, 0.15) is 5.75 Å². The van der Waals surface area contributed by atoms with E-state index < -0.39 is 0 Å². The highest BCUT2D eigenvalue weighted by molar-refractivity contribution is 6.43. The molecule has 7 heteroatoms. The molecule has 1 atom stereocenters. The SMILES string of the molecule is O=C(COc1cc(Cl)c(Cl)cc1Cl)N[C@H]1CCCNC1. The van der Waals surface area contributed by atoms with Crippen molar-refractivity contribution in [1.29, 1.82) is 0 Å². The minimum absolute atomic E-state index is 0.103. The Hall–Kier alpha value is -0.680. The fourth-order valence-electron chi connectivity index (χ4n) is 2.00. The van der Waals surface area contributed by atoms with E-state index in [4.69, 9.17) is 39.5 Å². The van der Waals surface area contributed by atoms with Crippen LogP contribution in [0, 0.1) is 0 Å². The van der Waals surface area contributed by atoms with Crippen molar-refractivity contribution in [3.8, 4) is 5.75 Å². The number of amides is 1. The van der Waals surface area contributed by atoms with E-state index in [-0.39, 0.29) is 18.6 Å². The summed E-state index contributed by atoms with van der Waals surface area (Å²) in [5.74, 6) is 0.166. The first-order valence-corrected chi connectivity index (χ1v) is 7.47. The van der Waals surface area contributed by atoms with E-state index in [1.54, 1.807) is 0 Å². The highest BCUT2D eigenvalue weighted by Gasteiger charge is 2.16. The summed E-state index contributed by atoms with van der Waals surface area (Å²) >= 11 is 17.7. The molecule has 2 N–H and O–H groups in total. The average Bonchev–Trinajstić information content (AvgIpc) is 2.42. The highest BCUT2D eigenvalue weighted by atomic mass is 35.5. The van der Waals surface area contributed by atoms with Crippen molar-refractivity contribution in [2.24, 2.45) is 0 Å². The molecule has 0 spiro atoms. The summed E-state index contributed by atoms with van der Waals surface area (Å²) < 4.78 is 5.37. The molecule has 1 saturated heterocycles. The molecule has 0 unspecified atom stereocenters. The number of halogens is 3. The summed E-state index contributed by atoms with van der Waals surface area (Å²) in [6.07, 6.45) is 2.04. The van der Waals surface area contributed by atoms with Crippen molar-refractivity contribution in [2.45, 2.75) is 18.9 Å². The number of carbonyl (C=O) groups is 1. The van der Waals surface area contributed by atoms with Gasteiger partial charge in [0, 0.05) is 18.7 Å². The molecule has 1 fully saturated rings. The van der Waals surface area contributed by atoms with E-state index in [0.29, 0.717) is 20.8 Å². The molecule has 1 aliphatic rings. The number of rotatable bonds is 4. The van der Waals surface area contributed by atoms with E-state index >= 15 is 0 Å². The first kappa shape index (κ1) is 15.7. The Kier molecular flexibility index (Phi) is 5.78. The molecular formula is C13H15Cl3N2O2. The van der Waals surface area contributed by atoms with Crippen LogP contribution < -0.4 is 15.4 Å². The van der Waals surface area contributed by atoms with Gasteiger partial charge in [-0.2, -0.15) is 0 Å². The van der Waals surface area contributed by atoms with Gasteiger partial charge in [-0.3, -0.25) is 4.79 Å². The number of hydrogen-bond donors (Lipinski definition) is 2. The molecular weight excluding hydrogens is 323 g/mol. The van der Waals surface area contributed by atoms with Gasteiger partial charge in [0.15, 0.2) is 6.61 Å². The summed E-state index contributed by atoms with van der Waals surface area (Å²) in [7, 11) is 0.